The molecule has 1 atom stereocenters. The van der Waals surface area contributed by atoms with Gasteiger partial charge in [-0.3, -0.25) is 4.98 Å². The van der Waals surface area contributed by atoms with Gasteiger partial charge in [-0.1, -0.05) is 66.6 Å². The van der Waals surface area contributed by atoms with Gasteiger partial charge in [0.2, 0.25) is 0 Å². The number of benzene rings is 2. The molecule has 6 rings (SSSR count). The summed E-state index contributed by atoms with van der Waals surface area (Å²) in [5, 5.41) is 12.5. The second-order valence-corrected chi connectivity index (χ2v) is 16.2. The highest BCUT2D eigenvalue weighted by molar-refractivity contribution is 7.22. The van der Waals surface area contributed by atoms with E-state index in [0.29, 0.717) is 21.3 Å². The Morgan fingerprint density at radius 2 is 1.67 bits per heavy atom. The molecule has 46 heavy (non-hydrogen) atoms. The number of fused-ring (bicyclic) bond motifs is 2. The normalized spacial score (nSPS) is 17.3. The molecule has 0 amide bonds. The van der Waals surface area contributed by atoms with Gasteiger partial charge in [0.1, 0.15) is 0 Å². The van der Waals surface area contributed by atoms with E-state index in [1.54, 1.807) is 11.3 Å². The Balaban J connectivity index is 1.41. The maximum Gasteiger partial charge on any atom is 0.337 e. The summed E-state index contributed by atoms with van der Waals surface area (Å²) >= 11 is 14.2. The van der Waals surface area contributed by atoms with Gasteiger partial charge >= 0.3 is 5.97 Å². The first-order chi connectivity index (χ1) is 21.6. The Morgan fingerprint density at radius 3 is 2.35 bits per heavy atom. The molecule has 0 radical (unpaired) electrons. The highest BCUT2D eigenvalue weighted by Gasteiger charge is 2.36. The molecule has 2 aromatic heterocycles. The first kappa shape index (κ1) is 33.0. The minimum atomic E-state index is -1.14. The van der Waals surface area contributed by atoms with Crippen molar-refractivity contribution in [2.75, 3.05) is 29.4 Å². The van der Waals surface area contributed by atoms with Crippen molar-refractivity contribution in [2.45, 2.75) is 86.0 Å². The van der Waals surface area contributed by atoms with Gasteiger partial charge in [-0.25, -0.2) is 9.78 Å². The van der Waals surface area contributed by atoms with Crippen molar-refractivity contribution in [1.29, 1.82) is 0 Å². The van der Waals surface area contributed by atoms with Crippen molar-refractivity contribution in [3.8, 4) is 11.1 Å². The lowest BCUT2D eigenvalue weighted by atomic mass is 9.81. The molecule has 1 saturated heterocycles. The number of carboxylic acid groups (broad SMARTS) is 1. The lowest BCUT2D eigenvalue weighted by molar-refractivity contribution is -0.160. The van der Waals surface area contributed by atoms with E-state index in [1.807, 2.05) is 46.8 Å². The maximum atomic E-state index is 12.8. The van der Waals surface area contributed by atoms with Crippen LogP contribution in [0.4, 0.5) is 10.8 Å². The number of piperidine rings is 1. The maximum absolute atomic E-state index is 12.8. The SMILES string of the molecule is Cc1nc(C)c(C(OC(C)(C)C)C(=O)O)c(N2CCC(C)(C)CC2)c1-c1ccc2c(c1)CCN(c1nc3cc(Cl)c(Cl)cc3s1)C2. The van der Waals surface area contributed by atoms with E-state index in [9.17, 15) is 9.90 Å². The predicted octanol–water partition coefficient (Wildman–Crippen LogP) is 9.41. The fourth-order valence-corrected chi connectivity index (χ4v) is 8.07. The molecule has 2 aromatic carbocycles. The summed E-state index contributed by atoms with van der Waals surface area (Å²) in [6.07, 6.45) is 1.77. The van der Waals surface area contributed by atoms with Crippen LogP contribution in [0.25, 0.3) is 21.3 Å². The molecule has 0 saturated carbocycles. The van der Waals surface area contributed by atoms with Crippen LogP contribution in [0.5, 0.6) is 0 Å². The summed E-state index contributed by atoms with van der Waals surface area (Å²) in [5.74, 6) is -1.00. The second-order valence-electron chi connectivity index (χ2n) is 14.4. The van der Waals surface area contributed by atoms with E-state index in [2.05, 4.69) is 41.8 Å². The number of pyridine rings is 1. The first-order valence-electron chi connectivity index (χ1n) is 15.9. The second kappa shape index (κ2) is 12.3. The number of rotatable bonds is 6. The molecule has 10 heteroatoms. The number of carboxylic acids is 1. The largest absolute Gasteiger partial charge is 0.479 e. The number of aryl methyl sites for hydroxylation is 2. The van der Waals surface area contributed by atoms with Crippen LogP contribution in [-0.4, -0.2) is 46.3 Å². The number of halogens is 2. The van der Waals surface area contributed by atoms with Crippen LogP contribution in [0.3, 0.4) is 0 Å². The fraction of sp³-hybridized carbons (Fsp3) is 0.472. The van der Waals surface area contributed by atoms with Gasteiger partial charge in [0.15, 0.2) is 11.2 Å². The van der Waals surface area contributed by atoms with Gasteiger partial charge in [-0.05, 0) is 88.1 Å². The van der Waals surface area contributed by atoms with E-state index in [4.69, 9.17) is 37.9 Å². The molecule has 2 aliphatic heterocycles. The number of ether oxygens (including phenoxy) is 1. The third-order valence-electron chi connectivity index (χ3n) is 9.17. The number of hydrogen-bond donors (Lipinski definition) is 1. The number of thiazole rings is 1. The van der Waals surface area contributed by atoms with Crippen LogP contribution in [-0.2, 0) is 22.5 Å². The van der Waals surface area contributed by atoms with Crippen LogP contribution in [0.15, 0.2) is 30.3 Å². The molecule has 1 fully saturated rings. The van der Waals surface area contributed by atoms with Crippen LogP contribution >= 0.6 is 34.5 Å². The summed E-state index contributed by atoms with van der Waals surface area (Å²) < 4.78 is 7.28. The summed E-state index contributed by atoms with van der Waals surface area (Å²) in [6.45, 7) is 17.5. The van der Waals surface area contributed by atoms with Crippen molar-refractivity contribution in [1.82, 2.24) is 9.97 Å². The molecule has 0 spiro atoms. The number of carbonyl (C=O) groups is 1. The van der Waals surface area contributed by atoms with E-state index < -0.39 is 17.7 Å². The van der Waals surface area contributed by atoms with Gasteiger partial charge in [-0.15, -0.1) is 0 Å². The summed E-state index contributed by atoms with van der Waals surface area (Å²) in [4.78, 5) is 27.4. The van der Waals surface area contributed by atoms with Gasteiger partial charge in [0.25, 0.3) is 0 Å². The van der Waals surface area contributed by atoms with Crippen molar-refractivity contribution < 1.29 is 14.6 Å². The molecule has 4 aromatic rings. The number of hydrogen-bond acceptors (Lipinski definition) is 7. The van der Waals surface area contributed by atoms with Crippen molar-refractivity contribution in [3.05, 3.63) is 68.5 Å². The van der Waals surface area contributed by atoms with E-state index in [-0.39, 0.29) is 5.41 Å². The molecule has 4 heterocycles. The van der Waals surface area contributed by atoms with E-state index in [0.717, 1.165) is 83.3 Å². The molecule has 0 aliphatic carbocycles. The lowest BCUT2D eigenvalue weighted by Gasteiger charge is -2.41. The van der Waals surface area contributed by atoms with Gasteiger partial charge < -0.3 is 19.6 Å². The minimum absolute atomic E-state index is 0.238. The molecular weight excluding hydrogens is 639 g/mol. The first-order valence-corrected chi connectivity index (χ1v) is 17.5. The standard InChI is InChI=1S/C36H42Cl2N4O3S/c1-20-29(31(41-14-11-36(6,7)12-15-41)30(21(2)39-20)32(33(43)44)45-35(3,4)5)23-8-9-24-19-42(13-10-22(24)16-23)34-40-27-17-25(37)26(38)18-28(27)46-34/h8-9,16-18,32H,10-15,19H2,1-7H3,(H,43,44). The highest BCUT2D eigenvalue weighted by Crippen LogP contribution is 2.45. The zero-order valence-electron chi connectivity index (χ0n) is 27.6. The van der Waals surface area contributed by atoms with E-state index >= 15 is 0 Å². The van der Waals surface area contributed by atoms with Crippen LogP contribution in [0.1, 0.15) is 81.6 Å². The van der Waals surface area contributed by atoms with Crippen molar-refractivity contribution in [2.24, 2.45) is 5.41 Å². The smallest absolute Gasteiger partial charge is 0.337 e. The lowest BCUT2D eigenvalue weighted by Crippen LogP contribution is -2.39. The third-order valence-corrected chi connectivity index (χ3v) is 11.0. The molecule has 1 N–H and O–H groups in total. The van der Waals surface area contributed by atoms with E-state index in [1.165, 1.54) is 11.1 Å². The topological polar surface area (TPSA) is 78.8 Å². The molecule has 7 nitrogen and oxygen atoms in total. The van der Waals surface area contributed by atoms with Crippen molar-refractivity contribution in [3.63, 3.8) is 0 Å². The molecular formula is C36H42Cl2N4O3S. The van der Waals surface area contributed by atoms with Crippen LogP contribution < -0.4 is 9.80 Å². The molecule has 1 unspecified atom stereocenters. The Hall–Kier alpha value is -2.91. The van der Waals surface area contributed by atoms with Gasteiger partial charge in [0, 0.05) is 48.7 Å². The minimum Gasteiger partial charge on any atom is -0.479 e. The summed E-state index contributed by atoms with van der Waals surface area (Å²) in [6, 6.07) is 10.4. The number of aromatic nitrogens is 2. The number of nitrogens with zero attached hydrogens (tertiary/aromatic N) is 4. The summed E-state index contributed by atoms with van der Waals surface area (Å²) in [7, 11) is 0. The quantitative estimate of drug-likeness (QED) is 0.217. The Bertz CT molecular complexity index is 1780. The average Bonchev–Trinajstić information content (AvgIpc) is 3.37. The zero-order valence-corrected chi connectivity index (χ0v) is 30.0. The molecule has 244 valence electrons. The average molecular weight is 682 g/mol. The molecule has 0 bridgehead atoms. The predicted molar refractivity (Wildman–Crippen MR) is 190 cm³/mol. The Labute approximate surface area is 285 Å². The summed E-state index contributed by atoms with van der Waals surface area (Å²) in [5.41, 5.74) is 8.23. The molecule has 2 aliphatic rings. The Kier molecular flexibility index (Phi) is 8.81. The number of anilines is 2. The van der Waals surface area contributed by atoms with Gasteiger partial charge in [0.05, 0.1) is 31.6 Å². The monoisotopic (exact) mass is 680 g/mol. The highest BCUT2D eigenvalue weighted by atomic mass is 35.5. The van der Waals surface area contributed by atoms with Crippen molar-refractivity contribution >= 4 is 61.5 Å². The van der Waals surface area contributed by atoms with Gasteiger partial charge in [-0.2, -0.15) is 0 Å². The fourth-order valence-electron chi connectivity index (χ4n) is 6.67. The number of aliphatic carboxylic acids is 1. The van der Waals surface area contributed by atoms with Crippen LogP contribution in [0.2, 0.25) is 10.0 Å². The van der Waals surface area contributed by atoms with Crippen LogP contribution in [0, 0.1) is 19.3 Å². The third kappa shape index (κ3) is 6.59. The zero-order chi connectivity index (χ0) is 33.1. The Morgan fingerprint density at radius 1 is 0.978 bits per heavy atom.